The zero-order chi connectivity index (χ0) is 48.5. The zero-order valence-corrected chi connectivity index (χ0v) is 38.6. The molecular formula is C53H49N15O3. The Labute approximate surface area is 408 Å². The SMILES string of the molecule is N#Cc1ccc2cc(-c3ccc(N4CCNCC4)nn3)c(O)cc2n1.Oc1cc2cccnc2cc1-c1ccc(C2=CCNCC2)nn1.Oc1cc2ccncc2cc1-c1ccc(N2CCNCC2)nn1. The summed E-state index contributed by atoms with van der Waals surface area (Å²) in [4.78, 5) is 17.0. The number of aromatic hydroxyl groups is 3. The van der Waals surface area contributed by atoms with Crippen molar-refractivity contribution in [3.63, 3.8) is 0 Å². The summed E-state index contributed by atoms with van der Waals surface area (Å²) in [6.07, 6.45) is 8.33. The van der Waals surface area contributed by atoms with Crippen molar-refractivity contribution in [1.29, 1.82) is 5.26 Å². The van der Waals surface area contributed by atoms with Gasteiger partial charge < -0.3 is 41.1 Å². The van der Waals surface area contributed by atoms with Crippen molar-refractivity contribution in [1.82, 2.24) is 61.5 Å². The molecule has 0 aliphatic carbocycles. The molecule has 18 heteroatoms. The third-order valence-corrected chi connectivity index (χ3v) is 12.5. The van der Waals surface area contributed by atoms with Crippen molar-refractivity contribution < 1.29 is 15.3 Å². The topological polar surface area (TPSA) is 243 Å². The van der Waals surface area contributed by atoms with Gasteiger partial charge in [0.15, 0.2) is 11.6 Å². The van der Waals surface area contributed by atoms with E-state index in [4.69, 9.17) is 5.26 Å². The van der Waals surface area contributed by atoms with Crippen molar-refractivity contribution >= 4 is 49.8 Å². The smallest absolute Gasteiger partial charge is 0.151 e. The summed E-state index contributed by atoms with van der Waals surface area (Å²) in [5.41, 5.74) is 7.65. The van der Waals surface area contributed by atoms with Gasteiger partial charge >= 0.3 is 0 Å². The summed E-state index contributed by atoms with van der Waals surface area (Å²) in [7, 11) is 0. The van der Waals surface area contributed by atoms with Gasteiger partial charge in [-0.05, 0) is 115 Å². The van der Waals surface area contributed by atoms with Crippen LogP contribution in [0.4, 0.5) is 11.6 Å². The largest absolute Gasteiger partial charge is 0.507 e. The number of benzene rings is 3. The number of nitriles is 1. The van der Waals surface area contributed by atoms with E-state index in [1.54, 1.807) is 42.9 Å². The highest BCUT2D eigenvalue weighted by molar-refractivity contribution is 5.90. The number of nitrogens with one attached hydrogen (secondary N) is 3. The molecule has 18 nitrogen and oxygen atoms in total. The Morgan fingerprint density at radius 3 is 1.69 bits per heavy atom. The summed E-state index contributed by atoms with van der Waals surface area (Å²) in [6.45, 7) is 9.30. The van der Waals surface area contributed by atoms with Gasteiger partial charge in [0.25, 0.3) is 0 Å². The number of aromatic nitrogens is 9. The first-order valence-electron chi connectivity index (χ1n) is 23.4. The van der Waals surface area contributed by atoms with Gasteiger partial charge in [0.1, 0.15) is 29.0 Å². The molecule has 354 valence electrons. The van der Waals surface area contributed by atoms with Crippen LogP contribution in [0.15, 0.2) is 128 Å². The Kier molecular flexibility index (Phi) is 13.8. The Hall–Kier alpha value is -8.76. The second-order valence-electron chi connectivity index (χ2n) is 17.0. The molecule has 9 aromatic rings. The van der Waals surface area contributed by atoms with Gasteiger partial charge in [0, 0.05) is 116 Å². The molecule has 3 aromatic carbocycles. The fourth-order valence-corrected chi connectivity index (χ4v) is 8.64. The third kappa shape index (κ3) is 10.6. The number of nitrogens with zero attached hydrogens (tertiary/aromatic N) is 12. The summed E-state index contributed by atoms with van der Waals surface area (Å²) in [5, 5.41) is 79.2. The van der Waals surface area contributed by atoms with E-state index in [0.717, 1.165) is 116 Å². The maximum atomic E-state index is 10.3. The number of anilines is 2. The lowest BCUT2D eigenvalue weighted by Crippen LogP contribution is -2.43. The lowest BCUT2D eigenvalue weighted by Gasteiger charge is -2.27. The normalized spacial score (nSPS) is 14.7. The average Bonchev–Trinajstić information content (AvgIpc) is 3.43. The van der Waals surface area contributed by atoms with Crippen LogP contribution in [0.25, 0.3) is 71.9 Å². The Morgan fingerprint density at radius 1 is 0.507 bits per heavy atom. The maximum absolute atomic E-state index is 10.3. The van der Waals surface area contributed by atoms with Crippen LogP contribution in [0.5, 0.6) is 17.2 Å². The predicted molar refractivity (Wildman–Crippen MR) is 274 cm³/mol. The van der Waals surface area contributed by atoms with E-state index in [-0.39, 0.29) is 17.2 Å². The second kappa shape index (κ2) is 21.3. The molecule has 3 aliphatic heterocycles. The van der Waals surface area contributed by atoms with Crippen molar-refractivity contribution in [3.05, 3.63) is 139 Å². The van der Waals surface area contributed by atoms with Gasteiger partial charge in [-0.15, -0.1) is 25.5 Å². The fourth-order valence-electron chi connectivity index (χ4n) is 8.64. The van der Waals surface area contributed by atoms with Gasteiger partial charge in [-0.2, -0.15) is 10.4 Å². The number of pyridine rings is 3. The summed E-state index contributed by atoms with van der Waals surface area (Å²) in [5.74, 6) is 2.17. The lowest BCUT2D eigenvalue weighted by molar-refractivity contribution is 0.477. The Balaban J connectivity index is 0.000000123. The lowest BCUT2D eigenvalue weighted by atomic mass is 10.0. The molecule has 0 amide bonds. The van der Waals surface area contributed by atoms with E-state index in [2.05, 4.69) is 77.4 Å². The molecule has 0 spiro atoms. The number of rotatable bonds is 6. The van der Waals surface area contributed by atoms with Gasteiger partial charge in [-0.25, -0.2) is 4.98 Å². The minimum absolute atomic E-state index is 0.0688. The molecule has 6 N–H and O–H groups in total. The molecule has 71 heavy (non-hydrogen) atoms. The average molecular weight is 944 g/mol. The summed E-state index contributed by atoms with van der Waals surface area (Å²) < 4.78 is 0. The first kappa shape index (κ1) is 46.0. The predicted octanol–water partition coefficient (Wildman–Crippen LogP) is 6.26. The molecule has 0 saturated carbocycles. The third-order valence-electron chi connectivity index (χ3n) is 12.5. The Morgan fingerprint density at radius 2 is 1.08 bits per heavy atom. The van der Waals surface area contributed by atoms with Crippen molar-refractivity contribution in [2.24, 2.45) is 0 Å². The molecule has 0 atom stereocenters. The van der Waals surface area contributed by atoms with Crippen LogP contribution in [0.3, 0.4) is 0 Å². The van der Waals surface area contributed by atoms with Gasteiger partial charge in [0.2, 0.25) is 0 Å². The molecule has 0 unspecified atom stereocenters. The van der Waals surface area contributed by atoms with Crippen LogP contribution in [0, 0.1) is 11.3 Å². The van der Waals surface area contributed by atoms with Gasteiger partial charge in [-0.3, -0.25) is 9.97 Å². The van der Waals surface area contributed by atoms with Gasteiger partial charge in [-0.1, -0.05) is 12.1 Å². The molecule has 2 fully saturated rings. The molecule has 12 rings (SSSR count). The quantitative estimate of drug-likeness (QED) is 0.108. The number of phenols is 3. The highest BCUT2D eigenvalue weighted by atomic mass is 16.3. The number of fused-ring (bicyclic) bond motifs is 3. The van der Waals surface area contributed by atoms with Crippen LogP contribution in [0.1, 0.15) is 17.8 Å². The molecule has 0 bridgehead atoms. The minimum Gasteiger partial charge on any atom is -0.507 e. The first-order valence-corrected chi connectivity index (χ1v) is 23.4. The van der Waals surface area contributed by atoms with E-state index >= 15 is 0 Å². The fraction of sp³-hybridized carbons (Fsp3) is 0.208. The molecule has 0 radical (unpaired) electrons. The summed E-state index contributed by atoms with van der Waals surface area (Å²) >= 11 is 0. The van der Waals surface area contributed by atoms with Crippen molar-refractivity contribution in [2.75, 3.05) is 75.2 Å². The summed E-state index contributed by atoms with van der Waals surface area (Å²) in [6, 6.07) is 33.2. The zero-order valence-electron chi connectivity index (χ0n) is 38.6. The van der Waals surface area contributed by atoms with E-state index in [1.807, 2.05) is 84.9 Å². The van der Waals surface area contributed by atoms with E-state index in [0.29, 0.717) is 45.0 Å². The number of piperazine rings is 2. The number of hydrogen-bond acceptors (Lipinski definition) is 18. The van der Waals surface area contributed by atoms with Gasteiger partial charge in [0.05, 0.1) is 33.8 Å². The number of hydrogen-bond donors (Lipinski definition) is 6. The molecule has 2 saturated heterocycles. The van der Waals surface area contributed by atoms with Crippen LogP contribution in [-0.4, -0.2) is 126 Å². The standard InChI is InChI=1S/C18H16N6O.C18H16N4O.C17H17N5O/c19-11-13-2-1-12-9-14(17(25)10-16(12)21-13)15-3-4-18(23-22-15)24-7-5-20-6-8-24;23-18-10-13-2-1-7-20-17(13)11-14(18)16-4-3-15(21-22-16)12-5-8-19-9-6-12;23-16-10-12-3-4-19-11-13(12)9-14(16)15-1-2-17(21-20-15)22-7-5-18-6-8-22/h1-4,9-10,20,25H,5-8H2;1-5,7,10-11,19,23H,6,8-9H2;1-4,9-11,18,23H,5-8H2. The van der Waals surface area contributed by atoms with Crippen LogP contribution in [-0.2, 0) is 0 Å². The van der Waals surface area contributed by atoms with E-state index in [1.165, 1.54) is 5.57 Å². The van der Waals surface area contributed by atoms with Crippen molar-refractivity contribution in [3.8, 4) is 57.1 Å². The van der Waals surface area contributed by atoms with Crippen LogP contribution < -0.4 is 25.8 Å². The second-order valence-corrected chi connectivity index (χ2v) is 17.0. The van der Waals surface area contributed by atoms with Crippen LogP contribution in [0.2, 0.25) is 0 Å². The molecular weight excluding hydrogens is 895 g/mol. The monoisotopic (exact) mass is 943 g/mol. The number of phenolic OH excluding ortho intramolecular Hbond substituents is 3. The first-order chi connectivity index (χ1) is 34.9. The molecule has 9 heterocycles. The van der Waals surface area contributed by atoms with E-state index in [9.17, 15) is 15.3 Å². The Bertz CT molecular complexity index is 3390. The van der Waals surface area contributed by atoms with E-state index < -0.39 is 0 Å². The maximum Gasteiger partial charge on any atom is 0.151 e. The van der Waals surface area contributed by atoms with Crippen molar-refractivity contribution in [2.45, 2.75) is 6.42 Å². The minimum atomic E-state index is 0.0688. The van der Waals surface area contributed by atoms with Crippen LogP contribution >= 0.6 is 0 Å². The highest BCUT2D eigenvalue weighted by Crippen LogP contribution is 2.35. The highest BCUT2D eigenvalue weighted by Gasteiger charge is 2.17. The molecule has 3 aliphatic rings. The molecule has 6 aromatic heterocycles.